The zero-order valence-corrected chi connectivity index (χ0v) is 12.6. The maximum atomic E-state index is 12.4. The molecule has 0 bridgehead atoms. The maximum Gasteiger partial charge on any atom is 0.327 e. The maximum absolute atomic E-state index is 12.4. The molecular formula is C16H19NO3S. The molecule has 0 saturated carbocycles. The van der Waals surface area contributed by atoms with Crippen LogP contribution in [0.4, 0.5) is 0 Å². The van der Waals surface area contributed by atoms with Crippen LogP contribution >= 0.6 is 11.8 Å². The summed E-state index contributed by atoms with van der Waals surface area (Å²) < 4.78 is 0. The van der Waals surface area contributed by atoms with E-state index in [-0.39, 0.29) is 5.91 Å². The minimum absolute atomic E-state index is 0.00298. The van der Waals surface area contributed by atoms with E-state index >= 15 is 0 Å². The first kappa shape index (κ1) is 14.4. The summed E-state index contributed by atoms with van der Waals surface area (Å²) in [5, 5.41) is 9.16. The lowest BCUT2D eigenvalue weighted by Gasteiger charge is -2.27. The zero-order valence-electron chi connectivity index (χ0n) is 11.8. The van der Waals surface area contributed by atoms with Crippen molar-refractivity contribution >= 4 is 23.6 Å². The van der Waals surface area contributed by atoms with Crippen molar-refractivity contribution in [3.8, 4) is 0 Å². The van der Waals surface area contributed by atoms with Gasteiger partial charge >= 0.3 is 5.97 Å². The first-order chi connectivity index (χ1) is 10.1. The van der Waals surface area contributed by atoms with Crippen LogP contribution in [-0.4, -0.2) is 39.6 Å². The molecule has 4 nitrogen and oxygen atoms in total. The van der Waals surface area contributed by atoms with Crippen LogP contribution < -0.4 is 0 Å². The number of rotatable bonds is 3. The van der Waals surface area contributed by atoms with Gasteiger partial charge in [0.1, 0.15) is 6.04 Å². The number of fused-ring (bicyclic) bond motifs is 1. The monoisotopic (exact) mass is 305 g/mol. The third kappa shape index (κ3) is 3.07. The van der Waals surface area contributed by atoms with Crippen LogP contribution in [0.5, 0.6) is 0 Å². The molecule has 0 aromatic heterocycles. The minimum Gasteiger partial charge on any atom is -0.480 e. The molecule has 1 heterocycles. The van der Waals surface area contributed by atoms with Crippen molar-refractivity contribution < 1.29 is 14.7 Å². The summed E-state index contributed by atoms with van der Waals surface area (Å²) in [6, 6.07) is 7.75. The summed E-state index contributed by atoms with van der Waals surface area (Å²) in [5.41, 5.74) is 2.73. The normalized spacial score (nSPS) is 24.7. The van der Waals surface area contributed by atoms with E-state index in [1.165, 1.54) is 27.8 Å². The lowest BCUT2D eigenvalue weighted by molar-refractivity contribution is -0.148. The molecule has 1 saturated heterocycles. The first-order valence-electron chi connectivity index (χ1n) is 7.32. The Hall–Kier alpha value is -1.49. The Morgan fingerprint density at radius 1 is 1.29 bits per heavy atom. The number of carbonyl (C=O) groups is 2. The van der Waals surface area contributed by atoms with E-state index in [2.05, 4.69) is 18.2 Å². The highest BCUT2D eigenvalue weighted by atomic mass is 32.2. The molecule has 1 aliphatic heterocycles. The third-order valence-corrected chi connectivity index (χ3v) is 5.41. The number of aliphatic carboxylic acids is 1. The Balaban J connectivity index is 1.62. The fourth-order valence-corrected chi connectivity index (χ4v) is 4.38. The Bertz CT molecular complexity index is 560. The second-order valence-corrected chi connectivity index (χ2v) is 6.80. The van der Waals surface area contributed by atoms with Gasteiger partial charge in [0, 0.05) is 12.2 Å². The van der Waals surface area contributed by atoms with Gasteiger partial charge in [-0.25, -0.2) is 4.79 Å². The number of aryl methyl sites for hydroxylation is 1. The highest BCUT2D eigenvalue weighted by molar-refractivity contribution is 7.99. The molecule has 1 aliphatic carbocycles. The number of hydrogen-bond donors (Lipinski definition) is 1. The van der Waals surface area contributed by atoms with Gasteiger partial charge in [0.25, 0.3) is 0 Å². The summed E-state index contributed by atoms with van der Waals surface area (Å²) in [7, 11) is 0. The fraction of sp³-hybridized carbons (Fsp3) is 0.500. The number of hydrogen-bond acceptors (Lipinski definition) is 3. The second kappa shape index (κ2) is 6.10. The lowest BCUT2D eigenvalue weighted by Crippen LogP contribution is -2.42. The van der Waals surface area contributed by atoms with Gasteiger partial charge in [-0.05, 0) is 36.3 Å². The van der Waals surface area contributed by atoms with Crippen molar-refractivity contribution in [3.63, 3.8) is 0 Å². The van der Waals surface area contributed by atoms with E-state index in [0.717, 1.165) is 19.3 Å². The molecule has 2 aliphatic rings. The average molecular weight is 305 g/mol. The van der Waals surface area contributed by atoms with E-state index in [0.29, 0.717) is 24.0 Å². The fourth-order valence-electron chi connectivity index (χ4n) is 3.20. The smallest absolute Gasteiger partial charge is 0.327 e. The van der Waals surface area contributed by atoms with Crippen LogP contribution in [0.3, 0.4) is 0 Å². The minimum atomic E-state index is -0.887. The molecule has 112 valence electrons. The topological polar surface area (TPSA) is 57.6 Å². The summed E-state index contributed by atoms with van der Waals surface area (Å²) in [4.78, 5) is 25.1. The average Bonchev–Trinajstić information content (AvgIpc) is 2.97. The Morgan fingerprint density at radius 3 is 2.81 bits per heavy atom. The molecular weight excluding hydrogens is 286 g/mol. The number of carboxylic acid groups (broad SMARTS) is 1. The molecule has 1 aromatic carbocycles. The largest absolute Gasteiger partial charge is 0.480 e. The van der Waals surface area contributed by atoms with E-state index in [1.54, 1.807) is 0 Å². The van der Waals surface area contributed by atoms with Gasteiger partial charge < -0.3 is 10.0 Å². The summed E-state index contributed by atoms with van der Waals surface area (Å²) in [6.07, 6.45) is 3.44. The van der Waals surface area contributed by atoms with Crippen LogP contribution in [0, 0.1) is 5.92 Å². The van der Waals surface area contributed by atoms with Gasteiger partial charge in [-0.3, -0.25) is 4.79 Å². The van der Waals surface area contributed by atoms with E-state index < -0.39 is 12.0 Å². The standard InChI is InChI=1S/C16H19NO3S/c18-15(17-10-21-9-14(17)16(19)20)8-11-5-6-12-3-1-2-4-13(12)7-11/h1-4,11,14H,5-10H2,(H,19,20)/t11-,14+/m1/s1. The molecule has 5 heteroatoms. The molecule has 1 N–H and O–H groups in total. The molecule has 21 heavy (non-hydrogen) atoms. The van der Waals surface area contributed by atoms with Crippen LogP contribution in [0.15, 0.2) is 24.3 Å². The number of carboxylic acids is 1. The molecule has 1 fully saturated rings. The zero-order chi connectivity index (χ0) is 14.8. The van der Waals surface area contributed by atoms with Crippen molar-refractivity contribution in [1.82, 2.24) is 4.90 Å². The molecule has 2 atom stereocenters. The molecule has 0 radical (unpaired) electrons. The molecule has 3 rings (SSSR count). The van der Waals surface area contributed by atoms with E-state index in [1.807, 2.05) is 6.07 Å². The molecule has 1 amide bonds. The predicted octanol–water partition coefficient (Wildman–Crippen LogP) is 2.17. The van der Waals surface area contributed by atoms with Crippen LogP contribution in [0.25, 0.3) is 0 Å². The van der Waals surface area contributed by atoms with Gasteiger partial charge in [0.2, 0.25) is 5.91 Å². The summed E-state index contributed by atoms with van der Waals surface area (Å²) >= 11 is 1.52. The van der Waals surface area contributed by atoms with E-state index in [9.17, 15) is 9.59 Å². The number of nitrogens with zero attached hydrogens (tertiary/aromatic N) is 1. The highest BCUT2D eigenvalue weighted by Crippen LogP contribution is 2.29. The van der Waals surface area contributed by atoms with Crippen molar-refractivity contribution in [1.29, 1.82) is 0 Å². The number of thioether (sulfide) groups is 1. The third-order valence-electron chi connectivity index (χ3n) is 4.40. The van der Waals surface area contributed by atoms with Gasteiger partial charge in [-0.1, -0.05) is 24.3 Å². The van der Waals surface area contributed by atoms with Crippen molar-refractivity contribution in [3.05, 3.63) is 35.4 Å². The summed E-state index contributed by atoms with van der Waals surface area (Å²) in [5.74, 6) is 0.472. The highest BCUT2D eigenvalue weighted by Gasteiger charge is 2.35. The summed E-state index contributed by atoms with van der Waals surface area (Å²) in [6.45, 7) is 0. The quantitative estimate of drug-likeness (QED) is 0.930. The Morgan fingerprint density at radius 2 is 2.05 bits per heavy atom. The molecule has 1 aromatic rings. The van der Waals surface area contributed by atoms with Gasteiger partial charge in [0.15, 0.2) is 0 Å². The van der Waals surface area contributed by atoms with Crippen LogP contribution in [0.2, 0.25) is 0 Å². The number of carbonyl (C=O) groups excluding carboxylic acids is 1. The molecule has 0 spiro atoms. The van der Waals surface area contributed by atoms with Crippen LogP contribution in [0.1, 0.15) is 24.0 Å². The number of benzene rings is 1. The predicted molar refractivity (Wildman–Crippen MR) is 82.2 cm³/mol. The van der Waals surface area contributed by atoms with E-state index in [4.69, 9.17) is 5.11 Å². The Kier molecular flexibility index (Phi) is 4.19. The molecule has 0 unspecified atom stereocenters. The van der Waals surface area contributed by atoms with Gasteiger partial charge in [0.05, 0.1) is 5.88 Å². The van der Waals surface area contributed by atoms with Crippen molar-refractivity contribution in [2.24, 2.45) is 5.92 Å². The van der Waals surface area contributed by atoms with Crippen molar-refractivity contribution in [2.45, 2.75) is 31.7 Å². The van der Waals surface area contributed by atoms with Gasteiger partial charge in [-0.15, -0.1) is 11.8 Å². The second-order valence-electron chi connectivity index (χ2n) is 5.80. The van der Waals surface area contributed by atoms with Crippen LogP contribution in [-0.2, 0) is 22.4 Å². The Labute approximate surface area is 128 Å². The SMILES string of the molecule is O=C(O)[C@@H]1CSCN1C(=O)C[C@@H]1CCc2ccccc2C1. The first-order valence-corrected chi connectivity index (χ1v) is 8.47. The number of amides is 1. The lowest BCUT2D eigenvalue weighted by atomic mass is 9.82. The van der Waals surface area contributed by atoms with Crippen molar-refractivity contribution in [2.75, 3.05) is 11.6 Å². The van der Waals surface area contributed by atoms with Gasteiger partial charge in [-0.2, -0.15) is 0 Å².